The molecule has 5 rings (SSSR count). The number of rotatable bonds is 3. The molecule has 2 aliphatic heterocycles. The van der Waals surface area contributed by atoms with Gasteiger partial charge in [0.25, 0.3) is 5.91 Å². The molecule has 0 aliphatic carbocycles. The van der Waals surface area contributed by atoms with E-state index in [2.05, 4.69) is 52.5 Å². The van der Waals surface area contributed by atoms with E-state index >= 15 is 0 Å². The lowest BCUT2D eigenvalue weighted by molar-refractivity contribution is 0.0179. The summed E-state index contributed by atoms with van der Waals surface area (Å²) >= 11 is 0. The van der Waals surface area contributed by atoms with Crippen LogP contribution in [0, 0.1) is 0 Å². The normalized spacial score (nSPS) is 21.5. The van der Waals surface area contributed by atoms with Crippen molar-refractivity contribution in [2.75, 3.05) is 19.6 Å². The minimum Gasteiger partial charge on any atom is -0.336 e. The minimum absolute atomic E-state index is 0.131. The van der Waals surface area contributed by atoms with Crippen molar-refractivity contribution in [2.24, 2.45) is 0 Å². The zero-order chi connectivity index (χ0) is 21.4. The van der Waals surface area contributed by atoms with Crippen LogP contribution in [0.2, 0.25) is 0 Å². The molecule has 2 aromatic carbocycles. The van der Waals surface area contributed by atoms with Gasteiger partial charge in [-0.05, 0) is 38.8 Å². The van der Waals surface area contributed by atoms with Crippen LogP contribution in [0.5, 0.6) is 0 Å². The molecule has 160 valence electrons. The second kappa shape index (κ2) is 7.97. The molecule has 5 nitrogen and oxygen atoms in total. The van der Waals surface area contributed by atoms with Gasteiger partial charge in [-0.25, -0.2) is 4.98 Å². The van der Waals surface area contributed by atoms with Crippen LogP contribution in [0.4, 0.5) is 0 Å². The fourth-order valence-corrected chi connectivity index (χ4v) is 5.21. The molecule has 1 amide bonds. The summed E-state index contributed by atoms with van der Waals surface area (Å²) in [5, 5.41) is 0. The first-order chi connectivity index (χ1) is 15.1. The maximum absolute atomic E-state index is 13.3. The van der Waals surface area contributed by atoms with Crippen molar-refractivity contribution >= 4 is 5.91 Å². The summed E-state index contributed by atoms with van der Waals surface area (Å²) < 4.78 is 2.40. The van der Waals surface area contributed by atoms with Crippen LogP contribution in [0.1, 0.15) is 42.7 Å². The summed E-state index contributed by atoms with van der Waals surface area (Å²) in [7, 11) is 0. The van der Waals surface area contributed by atoms with E-state index in [0.29, 0.717) is 6.04 Å². The predicted octanol–water partition coefficient (Wildman–Crippen LogP) is 4.41. The topological polar surface area (TPSA) is 41.4 Å². The molecular weight excluding hydrogens is 384 g/mol. The van der Waals surface area contributed by atoms with Crippen molar-refractivity contribution in [3.8, 4) is 11.3 Å². The molecule has 0 saturated carbocycles. The van der Waals surface area contributed by atoms with Gasteiger partial charge in [0, 0.05) is 43.3 Å². The van der Waals surface area contributed by atoms with E-state index in [1.807, 2.05) is 42.7 Å². The Bertz CT molecular complexity index is 1060. The van der Waals surface area contributed by atoms with Gasteiger partial charge in [0.05, 0.1) is 23.3 Å². The Morgan fingerprint density at radius 2 is 1.71 bits per heavy atom. The van der Waals surface area contributed by atoms with Crippen molar-refractivity contribution in [3.05, 3.63) is 78.2 Å². The standard InChI is InChI=1S/C26H30N4O/c1-20(2)29-16-23-24(21-10-5-3-6-11-21)27-19-30(23)26(18-29)14-9-15-28(17-26)25(31)22-12-7-4-8-13-22/h3-8,10-13,19-20H,9,14-18H2,1-2H3/t26-/m0/s1. The zero-order valence-electron chi connectivity index (χ0n) is 18.4. The van der Waals surface area contributed by atoms with E-state index in [9.17, 15) is 4.79 Å². The maximum Gasteiger partial charge on any atom is 0.253 e. The average Bonchev–Trinajstić information content (AvgIpc) is 3.25. The second-order valence-electron chi connectivity index (χ2n) is 9.20. The van der Waals surface area contributed by atoms with E-state index in [-0.39, 0.29) is 11.4 Å². The average molecular weight is 415 g/mol. The number of amides is 1. The van der Waals surface area contributed by atoms with E-state index in [1.165, 1.54) is 5.69 Å². The highest BCUT2D eigenvalue weighted by atomic mass is 16.2. The van der Waals surface area contributed by atoms with Gasteiger partial charge in [-0.15, -0.1) is 0 Å². The highest BCUT2D eigenvalue weighted by molar-refractivity contribution is 5.94. The summed E-state index contributed by atoms with van der Waals surface area (Å²) in [6.07, 6.45) is 4.08. The van der Waals surface area contributed by atoms with Gasteiger partial charge in [0.2, 0.25) is 0 Å². The summed E-state index contributed by atoms with van der Waals surface area (Å²) in [5.74, 6) is 0.131. The highest BCUT2D eigenvalue weighted by Crippen LogP contribution is 2.39. The van der Waals surface area contributed by atoms with Crippen LogP contribution in [0.25, 0.3) is 11.3 Å². The van der Waals surface area contributed by atoms with Gasteiger partial charge in [-0.1, -0.05) is 48.5 Å². The number of likely N-dealkylation sites (tertiary alicyclic amines) is 1. The van der Waals surface area contributed by atoms with Crippen LogP contribution in [-0.2, 0) is 12.1 Å². The van der Waals surface area contributed by atoms with E-state index in [4.69, 9.17) is 4.98 Å². The molecule has 2 aliphatic rings. The molecular formula is C26H30N4O. The first-order valence-electron chi connectivity index (χ1n) is 11.3. The van der Waals surface area contributed by atoms with Crippen molar-refractivity contribution in [2.45, 2.75) is 44.8 Å². The molecule has 1 atom stereocenters. The molecule has 1 fully saturated rings. The predicted molar refractivity (Wildman–Crippen MR) is 123 cm³/mol. The molecule has 0 bridgehead atoms. The number of hydrogen-bond acceptors (Lipinski definition) is 3. The van der Waals surface area contributed by atoms with Gasteiger partial charge < -0.3 is 9.47 Å². The molecule has 0 unspecified atom stereocenters. The van der Waals surface area contributed by atoms with Crippen molar-refractivity contribution in [1.82, 2.24) is 19.4 Å². The van der Waals surface area contributed by atoms with E-state index < -0.39 is 0 Å². The van der Waals surface area contributed by atoms with Gasteiger partial charge in [-0.2, -0.15) is 0 Å². The first-order valence-corrected chi connectivity index (χ1v) is 11.3. The Morgan fingerprint density at radius 3 is 2.42 bits per heavy atom. The smallest absolute Gasteiger partial charge is 0.253 e. The van der Waals surface area contributed by atoms with Gasteiger partial charge in [-0.3, -0.25) is 9.69 Å². The third kappa shape index (κ3) is 3.57. The molecule has 31 heavy (non-hydrogen) atoms. The van der Waals surface area contributed by atoms with Gasteiger partial charge in [0.1, 0.15) is 0 Å². The zero-order valence-corrected chi connectivity index (χ0v) is 18.4. The first kappa shape index (κ1) is 20.0. The van der Waals surface area contributed by atoms with E-state index in [1.54, 1.807) is 0 Å². The second-order valence-corrected chi connectivity index (χ2v) is 9.20. The van der Waals surface area contributed by atoms with Gasteiger partial charge >= 0.3 is 0 Å². The number of piperidine rings is 1. The number of carbonyl (C=O) groups excluding carboxylic acids is 1. The van der Waals surface area contributed by atoms with Crippen LogP contribution >= 0.6 is 0 Å². The Kier molecular flexibility index (Phi) is 5.14. The summed E-state index contributed by atoms with van der Waals surface area (Å²) in [6.45, 7) is 7.89. The Labute approximate surface area is 184 Å². The lowest BCUT2D eigenvalue weighted by atomic mass is 9.85. The lowest BCUT2D eigenvalue weighted by Crippen LogP contribution is -2.60. The van der Waals surface area contributed by atoms with Crippen molar-refractivity contribution < 1.29 is 4.79 Å². The van der Waals surface area contributed by atoms with Crippen LogP contribution < -0.4 is 0 Å². The summed E-state index contributed by atoms with van der Waals surface area (Å²) in [5.41, 5.74) is 4.12. The number of hydrogen-bond donors (Lipinski definition) is 0. The van der Waals surface area contributed by atoms with Crippen LogP contribution in [0.15, 0.2) is 67.0 Å². The SMILES string of the molecule is CC(C)N1Cc2c(-c3ccccc3)ncn2[C@]2(CCCN(C(=O)c3ccccc3)C2)C1. The summed E-state index contributed by atoms with van der Waals surface area (Å²) in [6, 6.07) is 20.6. The number of fused-ring (bicyclic) bond motifs is 2. The number of benzene rings is 2. The number of carbonyl (C=O) groups is 1. The third-order valence-corrected chi connectivity index (χ3v) is 6.87. The van der Waals surface area contributed by atoms with Crippen LogP contribution in [-0.4, -0.2) is 50.9 Å². The molecule has 1 spiro atoms. The molecule has 1 aromatic heterocycles. The van der Waals surface area contributed by atoms with Crippen molar-refractivity contribution in [3.63, 3.8) is 0 Å². The molecule has 1 saturated heterocycles. The monoisotopic (exact) mass is 414 g/mol. The largest absolute Gasteiger partial charge is 0.336 e. The highest BCUT2D eigenvalue weighted by Gasteiger charge is 2.45. The molecule has 0 N–H and O–H groups in total. The quantitative estimate of drug-likeness (QED) is 0.638. The van der Waals surface area contributed by atoms with Gasteiger partial charge in [0.15, 0.2) is 0 Å². The maximum atomic E-state index is 13.3. The minimum atomic E-state index is -0.138. The molecule has 3 heterocycles. The van der Waals surface area contributed by atoms with Crippen molar-refractivity contribution in [1.29, 1.82) is 0 Å². The number of imidazole rings is 1. The Balaban J connectivity index is 1.54. The van der Waals surface area contributed by atoms with E-state index in [0.717, 1.165) is 55.8 Å². The van der Waals surface area contributed by atoms with Crippen LogP contribution in [0.3, 0.4) is 0 Å². The third-order valence-electron chi connectivity index (χ3n) is 6.87. The summed E-state index contributed by atoms with van der Waals surface area (Å²) in [4.78, 5) is 22.7. The Morgan fingerprint density at radius 1 is 1.00 bits per heavy atom. The fraction of sp³-hybridized carbons (Fsp3) is 0.385. The number of aromatic nitrogens is 2. The number of nitrogens with zero attached hydrogens (tertiary/aromatic N) is 4. The fourth-order valence-electron chi connectivity index (χ4n) is 5.21. The Hall–Kier alpha value is -2.92. The molecule has 3 aromatic rings. The molecule has 0 radical (unpaired) electrons. The lowest BCUT2D eigenvalue weighted by Gasteiger charge is -2.50. The molecule has 5 heteroatoms.